The number of thiophene rings is 1. The molecule has 3 aromatic carbocycles. The minimum absolute atomic E-state index is 0.0454. The second-order valence-corrected chi connectivity index (χ2v) is 9.47. The predicted molar refractivity (Wildman–Crippen MR) is 121 cm³/mol. The van der Waals surface area contributed by atoms with Crippen LogP contribution in [0.15, 0.2) is 77.0 Å². The SMILES string of the molecule is O=C(Nc1ccccc1NS(=O)(=O)c1ccc2c3c(cccc13)C(=O)N2)c1cccs1. The van der Waals surface area contributed by atoms with Crippen LogP contribution in [0.4, 0.5) is 17.1 Å². The summed E-state index contributed by atoms with van der Waals surface area (Å²) in [4.78, 5) is 25.1. The Morgan fingerprint density at radius 2 is 1.71 bits per heavy atom. The number of hydrogen-bond donors (Lipinski definition) is 3. The Hall–Kier alpha value is -3.69. The first kappa shape index (κ1) is 19.3. The first-order valence-electron chi connectivity index (χ1n) is 9.28. The normalized spacial score (nSPS) is 12.6. The van der Waals surface area contributed by atoms with Gasteiger partial charge in [-0.1, -0.05) is 30.3 Å². The fourth-order valence-electron chi connectivity index (χ4n) is 3.57. The van der Waals surface area contributed by atoms with Crippen molar-refractivity contribution < 1.29 is 18.0 Å². The summed E-state index contributed by atoms with van der Waals surface area (Å²) in [7, 11) is -4.01. The molecule has 4 aromatic rings. The van der Waals surface area contributed by atoms with Crippen LogP contribution < -0.4 is 15.4 Å². The number of sulfonamides is 1. The van der Waals surface area contributed by atoms with Gasteiger partial charge in [-0.2, -0.15) is 0 Å². The molecule has 1 aliphatic heterocycles. The van der Waals surface area contributed by atoms with E-state index in [1.165, 1.54) is 17.4 Å². The van der Waals surface area contributed by atoms with Crippen molar-refractivity contribution in [2.24, 2.45) is 0 Å². The quantitative estimate of drug-likeness (QED) is 0.417. The van der Waals surface area contributed by atoms with Crippen molar-refractivity contribution >= 4 is 61.0 Å². The van der Waals surface area contributed by atoms with Crippen molar-refractivity contribution in [3.63, 3.8) is 0 Å². The second-order valence-electron chi connectivity index (χ2n) is 6.88. The number of para-hydroxylation sites is 2. The summed E-state index contributed by atoms with van der Waals surface area (Å²) in [5.74, 6) is -0.582. The molecule has 0 saturated carbocycles. The Balaban J connectivity index is 1.53. The van der Waals surface area contributed by atoms with E-state index in [4.69, 9.17) is 0 Å². The highest BCUT2D eigenvalue weighted by Crippen LogP contribution is 2.37. The Bertz CT molecular complexity index is 1460. The van der Waals surface area contributed by atoms with E-state index in [0.29, 0.717) is 32.6 Å². The van der Waals surface area contributed by atoms with Gasteiger partial charge in [0.15, 0.2) is 0 Å². The minimum atomic E-state index is -4.01. The molecule has 0 aliphatic carbocycles. The van der Waals surface area contributed by atoms with E-state index in [1.54, 1.807) is 66.0 Å². The van der Waals surface area contributed by atoms with Gasteiger partial charge < -0.3 is 10.6 Å². The fourth-order valence-corrected chi connectivity index (χ4v) is 5.47. The van der Waals surface area contributed by atoms with Crippen LogP contribution in [0.25, 0.3) is 10.8 Å². The third-order valence-corrected chi connectivity index (χ3v) is 7.24. The van der Waals surface area contributed by atoms with Crippen LogP contribution in [0.2, 0.25) is 0 Å². The number of amides is 2. The van der Waals surface area contributed by atoms with Crippen LogP contribution >= 0.6 is 11.3 Å². The fraction of sp³-hybridized carbons (Fsp3) is 0. The van der Waals surface area contributed by atoms with Crippen LogP contribution in [0.1, 0.15) is 20.0 Å². The van der Waals surface area contributed by atoms with Crippen LogP contribution in [-0.4, -0.2) is 20.2 Å². The van der Waals surface area contributed by atoms with Crippen LogP contribution in [0, 0.1) is 0 Å². The molecule has 2 heterocycles. The lowest BCUT2D eigenvalue weighted by Crippen LogP contribution is -2.17. The monoisotopic (exact) mass is 449 g/mol. The van der Waals surface area contributed by atoms with E-state index < -0.39 is 10.0 Å². The molecule has 3 N–H and O–H groups in total. The maximum Gasteiger partial charge on any atom is 0.265 e. The Morgan fingerprint density at radius 1 is 0.903 bits per heavy atom. The average Bonchev–Trinajstić information content (AvgIpc) is 3.39. The second kappa shape index (κ2) is 7.22. The van der Waals surface area contributed by atoms with E-state index in [-0.39, 0.29) is 22.4 Å². The predicted octanol–water partition coefficient (Wildman–Crippen LogP) is 4.52. The molecule has 1 aliphatic rings. The summed E-state index contributed by atoms with van der Waals surface area (Å²) in [6.45, 7) is 0. The topological polar surface area (TPSA) is 104 Å². The maximum atomic E-state index is 13.3. The number of rotatable bonds is 5. The smallest absolute Gasteiger partial charge is 0.265 e. The number of anilines is 3. The Kier molecular flexibility index (Phi) is 4.49. The van der Waals surface area contributed by atoms with E-state index >= 15 is 0 Å². The number of nitrogens with one attached hydrogen (secondary N) is 3. The minimum Gasteiger partial charge on any atom is -0.321 e. The molecule has 0 unspecified atom stereocenters. The van der Waals surface area contributed by atoms with Crippen LogP contribution in [-0.2, 0) is 10.0 Å². The Morgan fingerprint density at radius 3 is 2.48 bits per heavy atom. The molecule has 0 saturated heterocycles. The van der Waals surface area contributed by atoms with Gasteiger partial charge in [-0.15, -0.1) is 11.3 Å². The van der Waals surface area contributed by atoms with Gasteiger partial charge in [0.1, 0.15) is 0 Å². The molecule has 0 spiro atoms. The van der Waals surface area contributed by atoms with Crippen molar-refractivity contribution in [1.82, 2.24) is 0 Å². The molecule has 0 fully saturated rings. The van der Waals surface area contributed by atoms with Crippen molar-refractivity contribution in [2.75, 3.05) is 15.4 Å². The highest BCUT2D eigenvalue weighted by molar-refractivity contribution is 7.93. The average molecular weight is 450 g/mol. The summed E-state index contributed by atoms with van der Waals surface area (Å²) in [6, 6.07) is 18.1. The number of benzene rings is 3. The molecule has 0 atom stereocenters. The summed E-state index contributed by atoms with van der Waals surface area (Å²) in [5.41, 5.74) is 1.60. The molecule has 154 valence electrons. The highest BCUT2D eigenvalue weighted by atomic mass is 32.2. The first-order valence-corrected chi connectivity index (χ1v) is 11.6. The van der Waals surface area contributed by atoms with Crippen molar-refractivity contribution in [3.05, 3.63) is 82.6 Å². The molecule has 9 heteroatoms. The standard InChI is InChI=1S/C22H15N3O4S2/c26-21-14-6-3-5-13-19(11-10-17(24-21)20(13)14)31(28,29)25-16-8-2-1-7-15(16)23-22(27)18-9-4-12-30-18/h1-12,25H,(H,23,27)(H,24,26). The molecule has 0 radical (unpaired) electrons. The first-order chi connectivity index (χ1) is 14.9. The molecule has 31 heavy (non-hydrogen) atoms. The third-order valence-electron chi connectivity index (χ3n) is 4.95. The van der Waals surface area contributed by atoms with E-state index in [2.05, 4.69) is 15.4 Å². The summed E-state index contributed by atoms with van der Waals surface area (Å²) in [5, 5.41) is 8.30. The molecule has 5 rings (SSSR count). The lowest BCUT2D eigenvalue weighted by atomic mass is 10.1. The number of hydrogen-bond acceptors (Lipinski definition) is 5. The molecular weight excluding hydrogens is 434 g/mol. The van der Waals surface area contributed by atoms with E-state index in [1.807, 2.05) is 0 Å². The number of carbonyl (C=O) groups is 2. The zero-order chi connectivity index (χ0) is 21.6. The molecule has 1 aromatic heterocycles. The zero-order valence-electron chi connectivity index (χ0n) is 15.9. The van der Waals surface area contributed by atoms with E-state index in [9.17, 15) is 18.0 Å². The summed E-state index contributed by atoms with van der Waals surface area (Å²) < 4.78 is 29.1. The highest BCUT2D eigenvalue weighted by Gasteiger charge is 2.26. The van der Waals surface area contributed by atoms with Gasteiger partial charge in [-0.25, -0.2) is 8.42 Å². The lowest BCUT2D eigenvalue weighted by molar-refractivity contribution is 0.102. The number of carbonyl (C=O) groups excluding carboxylic acids is 2. The van der Waals surface area contributed by atoms with Gasteiger partial charge in [-0.05, 0) is 41.8 Å². The van der Waals surface area contributed by atoms with Gasteiger partial charge >= 0.3 is 0 Å². The molecule has 2 amide bonds. The maximum absolute atomic E-state index is 13.3. The zero-order valence-corrected chi connectivity index (χ0v) is 17.5. The van der Waals surface area contributed by atoms with Gasteiger partial charge in [0.25, 0.3) is 21.8 Å². The largest absolute Gasteiger partial charge is 0.321 e. The molecule has 7 nitrogen and oxygen atoms in total. The van der Waals surface area contributed by atoms with Gasteiger partial charge in [0.2, 0.25) is 0 Å². The van der Waals surface area contributed by atoms with Crippen molar-refractivity contribution in [2.45, 2.75) is 4.90 Å². The molecular formula is C22H15N3O4S2. The summed E-state index contributed by atoms with van der Waals surface area (Å²) >= 11 is 1.29. The van der Waals surface area contributed by atoms with Gasteiger partial charge in [0.05, 0.1) is 21.1 Å². The lowest BCUT2D eigenvalue weighted by Gasteiger charge is -2.15. The van der Waals surface area contributed by atoms with E-state index in [0.717, 1.165) is 0 Å². The van der Waals surface area contributed by atoms with Crippen molar-refractivity contribution in [3.8, 4) is 0 Å². The van der Waals surface area contributed by atoms with Crippen LogP contribution in [0.3, 0.4) is 0 Å². The van der Waals surface area contributed by atoms with Crippen molar-refractivity contribution in [1.29, 1.82) is 0 Å². The Labute approximate surface area is 181 Å². The van der Waals surface area contributed by atoms with Crippen LogP contribution in [0.5, 0.6) is 0 Å². The summed E-state index contributed by atoms with van der Waals surface area (Å²) in [6.07, 6.45) is 0. The van der Waals surface area contributed by atoms with Gasteiger partial charge in [0, 0.05) is 22.0 Å². The third kappa shape index (κ3) is 3.33. The van der Waals surface area contributed by atoms with Gasteiger partial charge in [-0.3, -0.25) is 14.3 Å². The molecule has 0 bridgehead atoms.